The number of furan rings is 1. The van der Waals surface area contributed by atoms with Gasteiger partial charge in [0.15, 0.2) is 0 Å². The maximum Gasteiger partial charge on any atom is 0.254 e. The van der Waals surface area contributed by atoms with Gasteiger partial charge in [-0.1, -0.05) is 13.8 Å². The second kappa shape index (κ2) is 5.16. The maximum atomic E-state index is 11.9. The normalized spacial score (nSPS) is 11.5. The highest BCUT2D eigenvalue weighted by Crippen LogP contribution is 2.15. The molecule has 1 aromatic heterocycles. The summed E-state index contributed by atoms with van der Waals surface area (Å²) in [5, 5.41) is 3.01. The van der Waals surface area contributed by atoms with Crippen LogP contribution in [-0.2, 0) is 6.54 Å². The molecule has 0 aromatic carbocycles. The van der Waals surface area contributed by atoms with E-state index in [1.54, 1.807) is 6.07 Å². The summed E-state index contributed by atoms with van der Waals surface area (Å²) < 4.78 is 5.13. The van der Waals surface area contributed by atoms with Crippen LogP contribution < -0.4 is 11.1 Å². The quantitative estimate of drug-likeness (QED) is 0.804. The highest BCUT2D eigenvalue weighted by Gasteiger charge is 2.23. The van der Waals surface area contributed by atoms with Gasteiger partial charge in [0.2, 0.25) is 0 Å². The van der Waals surface area contributed by atoms with E-state index < -0.39 is 0 Å². The van der Waals surface area contributed by atoms with Crippen molar-refractivity contribution in [1.29, 1.82) is 0 Å². The van der Waals surface area contributed by atoms with Crippen molar-refractivity contribution in [1.82, 2.24) is 5.32 Å². The molecule has 0 atom stereocenters. The average molecular weight is 224 g/mol. The topological polar surface area (TPSA) is 68.3 Å². The highest BCUT2D eigenvalue weighted by atomic mass is 16.3. The summed E-state index contributed by atoms with van der Waals surface area (Å²) in [4.78, 5) is 11.9. The van der Waals surface area contributed by atoms with Gasteiger partial charge in [-0.3, -0.25) is 4.79 Å². The summed E-state index contributed by atoms with van der Waals surface area (Å²) in [5.41, 5.74) is 5.80. The lowest BCUT2D eigenvalue weighted by molar-refractivity contribution is 0.0900. The van der Waals surface area contributed by atoms with Crippen LogP contribution in [0.4, 0.5) is 0 Å². The number of carbonyl (C=O) groups is 1. The first-order valence-corrected chi connectivity index (χ1v) is 5.64. The van der Waals surface area contributed by atoms with Gasteiger partial charge in [0.1, 0.15) is 12.0 Å². The summed E-state index contributed by atoms with van der Waals surface area (Å²) in [6.45, 7) is 6.47. The second-order valence-electron chi connectivity index (χ2n) is 4.23. The van der Waals surface area contributed by atoms with Crippen LogP contribution in [0.25, 0.3) is 0 Å². The Morgan fingerprint density at radius 1 is 1.50 bits per heavy atom. The van der Waals surface area contributed by atoms with Crippen molar-refractivity contribution in [2.24, 2.45) is 5.73 Å². The monoisotopic (exact) mass is 224 g/mol. The van der Waals surface area contributed by atoms with Gasteiger partial charge in [0, 0.05) is 5.54 Å². The van der Waals surface area contributed by atoms with Crippen molar-refractivity contribution >= 4 is 5.91 Å². The molecular weight excluding hydrogens is 204 g/mol. The third-order valence-electron chi connectivity index (χ3n) is 3.09. The minimum Gasteiger partial charge on any atom is -0.467 e. The fraction of sp³-hybridized carbons (Fsp3) is 0.583. The number of amides is 1. The smallest absolute Gasteiger partial charge is 0.254 e. The highest BCUT2D eigenvalue weighted by molar-refractivity contribution is 5.94. The lowest BCUT2D eigenvalue weighted by atomic mass is 9.95. The molecule has 4 heteroatoms. The fourth-order valence-electron chi connectivity index (χ4n) is 1.38. The van der Waals surface area contributed by atoms with Crippen molar-refractivity contribution in [2.45, 2.75) is 45.7 Å². The number of hydrogen-bond acceptors (Lipinski definition) is 3. The summed E-state index contributed by atoms with van der Waals surface area (Å²) in [6, 6.07) is 1.68. The predicted molar refractivity (Wildman–Crippen MR) is 63.1 cm³/mol. The molecule has 0 saturated carbocycles. The summed E-state index contributed by atoms with van der Waals surface area (Å²) in [6.07, 6.45) is 3.25. The Balaban J connectivity index is 2.71. The molecule has 1 heterocycles. The van der Waals surface area contributed by atoms with Gasteiger partial charge in [-0.15, -0.1) is 0 Å². The number of rotatable bonds is 5. The van der Waals surface area contributed by atoms with E-state index in [0.29, 0.717) is 17.9 Å². The predicted octanol–water partition coefficient (Wildman–Crippen LogP) is 2.05. The van der Waals surface area contributed by atoms with Crippen LogP contribution in [0.2, 0.25) is 0 Å². The van der Waals surface area contributed by atoms with Crippen molar-refractivity contribution in [3.8, 4) is 0 Å². The molecule has 0 aliphatic carbocycles. The minimum absolute atomic E-state index is 0.102. The van der Waals surface area contributed by atoms with E-state index in [-0.39, 0.29) is 11.4 Å². The van der Waals surface area contributed by atoms with Crippen molar-refractivity contribution < 1.29 is 9.21 Å². The van der Waals surface area contributed by atoms with Gasteiger partial charge >= 0.3 is 0 Å². The third-order valence-corrected chi connectivity index (χ3v) is 3.09. The van der Waals surface area contributed by atoms with Crippen molar-refractivity contribution in [3.05, 3.63) is 23.7 Å². The first-order chi connectivity index (χ1) is 7.54. The van der Waals surface area contributed by atoms with E-state index in [4.69, 9.17) is 10.2 Å². The average Bonchev–Trinajstić information content (AvgIpc) is 2.77. The standard InChI is InChI=1S/C12H20N2O2/c1-4-12(3,5-2)14-11(15)9-6-10(7-13)16-8-9/h6,8H,4-5,7,13H2,1-3H3,(H,14,15). The molecule has 0 fully saturated rings. The lowest BCUT2D eigenvalue weighted by Gasteiger charge is -2.27. The van der Waals surface area contributed by atoms with Gasteiger partial charge in [-0.2, -0.15) is 0 Å². The Labute approximate surface area is 96.2 Å². The Bertz CT molecular complexity index is 354. The molecule has 0 spiro atoms. The zero-order valence-electron chi connectivity index (χ0n) is 10.2. The zero-order valence-corrected chi connectivity index (χ0v) is 10.2. The number of nitrogens with two attached hydrogens (primary N) is 1. The lowest BCUT2D eigenvalue weighted by Crippen LogP contribution is -2.44. The van der Waals surface area contributed by atoms with Crippen molar-refractivity contribution in [3.63, 3.8) is 0 Å². The molecule has 1 aromatic rings. The van der Waals surface area contributed by atoms with Crippen molar-refractivity contribution in [2.75, 3.05) is 0 Å². The SMILES string of the molecule is CCC(C)(CC)NC(=O)c1coc(CN)c1. The van der Waals surface area contributed by atoms with Crippen LogP contribution in [0.3, 0.4) is 0 Å². The number of nitrogens with one attached hydrogen (secondary N) is 1. The van der Waals surface area contributed by atoms with Crippen LogP contribution in [-0.4, -0.2) is 11.4 Å². The van der Waals surface area contributed by atoms with Gasteiger partial charge in [-0.25, -0.2) is 0 Å². The van der Waals surface area contributed by atoms with Gasteiger partial charge in [-0.05, 0) is 25.8 Å². The minimum atomic E-state index is -0.156. The van der Waals surface area contributed by atoms with Crippen LogP contribution >= 0.6 is 0 Å². The van der Waals surface area contributed by atoms with Crippen LogP contribution in [0, 0.1) is 0 Å². The van der Waals surface area contributed by atoms with E-state index in [2.05, 4.69) is 19.2 Å². The molecule has 3 N–H and O–H groups in total. The number of hydrogen-bond donors (Lipinski definition) is 2. The molecule has 90 valence electrons. The van der Waals surface area contributed by atoms with E-state index in [1.165, 1.54) is 6.26 Å². The molecule has 0 unspecified atom stereocenters. The van der Waals surface area contributed by atoms with E-state index in [1.807, 2.05) is 6.92 Å². The molecule has 0 aliphatic heterocycles. The molecule has 4 nitrogen and oxygen atoms in total. The fourth-order valence-corrected chi connectivity index (χ4v) is 1.38. The summed E-state index contributed by atoms with van der Waals surface area (Å²) in [7, 11) is 0. The van der Waals surface area contributed by atoms with Gasteiger partial charge in [0.25, 0.3) is 5.91 Å². The Kier molecular flexibility index (Phi) is 4.12. The summed E-state index contributed by atoms with van der Waals surface area (Å²) >= 11 is 0. The summed E-state index contributed by atoms with van der Waals surface area (Å²) in [5.74, 6) is 0.523. The van der Waals surface area contributed by atoms with E-state index >= 15 is 0 Å². The molecule has 0 saturated heterocycles. The Morgan fingerprint density at radius 3 is 2.56 bits per heavy atom. The first kappa shape index (κ1) is 12.8. The third kappa shape index (κ3) is 2.85. The Hall–Kier alpha value is -1.29. The zero-order chi connectivity index (χ0) is 12.2. The van der Waals surface area contributed by atoms with Crippen LogP contribution in [0.5, 0.6) is 0 Å². The molecule has 0 aliphatic rings. The van der Waals surface area contributed by atoms with E-state index in [0.717, 1.165) is 12.8 Å². The maximum absolute atomic E-state index is 11.9. The Morgan fingerprint density at radius 2 is 2.12 bits per heavy atom. The molecule has 0 radical (unpaired) electrons. The number of carbonyl (C=O) groups excluding carboxylic acids is 1. The molecular formula is C12H20N2O2. The second-order valence-corrected chi connectivity index (χ2v) is 4.23. The van der Waals surface area contributed by atoms with Gasteiger partial charge < -0.3 is 15.5 Å². The molecule has 16 heavy (non-hydrogen) atoms. The molecule has 1 rings (SSSR count). The van der Waals surface area contributed by atoms with Crippen LogP contribution in [0.1, 0.15) is 49.7 Å². The molecule has 1 amide bonds. The largest absolute Gasteiger partial charge is 0.467 e. The van der Waals surface area contributed by atoms with Crippen LogP contribution in [0.15, 0.2) is 16.7 Å². The molecule has 0 bridgehead atoms. The van der Waals surface area contributed by atoms with E-state index in [9.17, 15) is 4.79 Å². The van der Waals surface area contributed by atoms with Gasteiger partial charge in [0.05, 0.1) is 12.1 Å². The first-order valence-electron chi connectivity index (χ1n) is 5.64.